The van der Waals surface area contributed by atoms with Crippen molar-refractivity contribution in [3.63, 3.8) is 0 Å². The van der Waals surface area contributed by atoms with E-state index in [2.05, 4.69) is 69.4 Å². The van der Waals surface area contributed by atoms with Crippen molar-refractivity contribution >= 4 is 25.7 Å². The van der Waals surface area contributed by atoms with Crippen molar-refractivity contribution in [2.45, 2.75) is 264 Å². The second kappa shape index (κ2) is 50.8. The van der Waals surface area contributed by atoms with Gasteiger partial charge in [0.05, 0.1) is 19.8 Å². The average molecular weight is 981 g/mol. The summed E-state index contributed by atoms with van der Waals surface area (Å²) >= 11 is 0. The van der Waals surface area contributed by atoms with E-state index in [9.17, 15) is 28.9 Å². The highest BCUT2D eigenvalue weighted by Crippen LogP contribution is 2.43. The molecule has 0 bridgehead atoms. The van der Waals surface area contributed by atoms with E-state index in [1.165, 1.54) is 103 Å². The van der Waals surface area contributed by atoms with Crippen LogP contribution in [0.4, 0.5) is 0 Å². The number of phosphoric acid groups is 1. The first-order valence-corrected chi connectivity index (χ1v) is 29.0. The number of aliphatic hydroxyl groups is 1. The lowest BCUT2D eigenvalue weighted by Gasteiger charge is -2.21. The Kier molecular flexibility index (Phi) is 48.9. The van der Waals surface area contributed by atoms with Crippen molar-refractivity contribution < 1.29 is 52.2 Å². The second-order valence-electron chi connectivity index (χ2n) is 18.4. The van der Waals surface area contributed by atoms with Crippen LogP contribution in [0.15, 0.2) is 48.6 Å². The van der Waals surface area contributed by atoms with Gasteiger partial charge in [-0.15, -0.1) is 0 Å². The Morgan fingerprint density at radius 1 is 0.426 bits per heavy atom. The van der Waals surface area contributed by atoms with E-state index in [4.69, 9.17) is 23.3 Å². The molecule has 0 saturated carbocycles. The summed E-state index contributed by atoms with van der Waals surface area (Å²) in [6, 6.07) is 0. The Labute approximate surface area is 415 Å². The predicted octanol–water partition coefficient (Wildman–Crippen LogP) is 15.8. The molecule has 0 aromatic heterocycles. The second-order valence-corrected chi connectivity index (χ2v) is 19.8. The van der Waals surface area contributed by atoms with Crippen LogP contribution in [-0.4, -0.2) is 66.5 Å². The number of carbonyl (C=O) groups is 3. The minimum Gasteiger partial charge on any atom is -0.462 e. The number of unbranched alkanes of at least 4 members (excludes halogenated alkanes) is 26. The highest BCUT2D eigenvalue weighted by atomic mass is 31.2. The van der Waals surface area contributed by atoms with E-state index < -0.39 is 57.8 Å². The van der Waals surface area contributed by atoms with Crippen LogP contribution in [0.1, 0.15) is 252 Å². The maximum Gasteiger partial charge on any atom is 0.472 e. The van der Waals surface area contributed by atoms with Crippen molar-refractivity contribution in [2.75, 3.05) is 26.4 Å². The Morgan fingerprint density at radius 2 is 0.765 bits per heavy atom. The van der Waals surface area contributed by atoms with Gasteiger partial charge in [0, 0.05) is 19.3 Å². The molecule has 396 valence electrons. The highest BCUT2D eigenvalue weighted by Gasteiger charge is 2.28. The first-order valence-electron chi connectivity index (χ1n) is 27.5. The number of aliphatic hydroxyl groups excluding tert-OH is 1. The van der Waals surface area contributed by atoms with Crippen LogP contribution in [0.2, 0.25) is 0 Å². The Balaban J connectivity index is 4.75. The summed E-state index contributed by atoms with van der Waals surface area (Å²) in [5.41, 5.74) is 0. The minimum absolute atomic E-state index is 0.166. The molecule has 0 aliphatic carbocycles. The Hall–Kier alpha value is -2.56. The summed E-state index contributed by atoms with van der Waals surface area (Å²) < 4.78 is 39.4. The van der Waals surface area contributed by atoms with Crippen LogP contribution in [0.3, 0.4) is 0 Å². The molecule has 0 spiro atoms. The minimum atomic E-state index is -4.74. The molecular formula is C56H101O11P. The Morgan fingerprint density at radius 3 is 1.18 bits per heavy atom. The average Bonchev–Trinajstić information content (AvgIpc) is 3.32. The first-order chi connectivity index (χ1) is 33.2. The lowest BCUT2D eigenvalue weighted by atomic mass is 10.0. The fourth-order valence-electron chi connectivity index (χ4n) is 7.58. The third kappa shape index (κ3) is 48.5. The third-order valence-electron chi connectivity index (χ3n) is 11.8. The number of allylic oxidation sites excluding steroid dienone is 8. The SMILES string of the molecule is CC/C=C\C/C=C\C/C=C\C/C=C\CCCCCCC(=O)OCC(COP(=O)(O)OCC(CO)OC(=O)CCCCCCCCCCCCC)OC(=O)CCCCCCCCCCCCCCC. The zero-order valence-corrected chi connectivity index (χ0v) is 44.5. The van der Waals surface area contributed by atoms with Gasteiger partial charge in [-0.25, -0.2) is 4.57 Å². The molecule has 0 amide bonds. The molecule has 0 aromatic carbocycles. The molecule has 0 aromatic rings. The maximum absolute atomic E-state index is 12.9. The number of hydrogen-bond donors (Lipinski definition) is 2. The van der Waals surface area contributed by atoms with Gasteiger partial charge in [-0.2, -0.15) is 0 Å². The number of ether oxygens (including phenoxy) is 3. The number of phosphoric ester groups is 1. The molecule has 0 saturated heterocycles. The zero-order chi connectivity index (χ0) is 49.9. The van der Waals surface area contributed by atoms with Gasteiger partial charge in [0.2, 0.25) is 0 Å². The molecule has 68 heavy (non-hydrogen) atoms. The van der Waals surface area contributed by atoms with Crippen LogP contribution in [-0.2, 0) is 42.2 Å². The lowest BCUT2D eigenvalue weighted by molar-refractivity contribution is -0.161. The Bertz CT molecular complexity index is 1330. The molecule has 0 rings (SSSR count). The largest absolute Gasteiger partial charge is 0.472 e. The standard InChI is InChI=1S/C56H101O11P/c1-4-7-10-13-16-19-22-24-25-26-27-29-31-33-36-39-42-45-54(58)63-49-53(67-56(60)47-44-41-38-35-32-28-23-20-17-14-11-8-5-2)51-65-68(61,62)64-50-52(48-57)66-55(59)46-43-40-37-34-30-21-18-15-12-9-6-3/h7,10,16,19,24-25,27,29,52-53,57H,4-6,8-9,11-15,17-18,20-23,26,28,30-51H2,1-3H3,(H,61,62)/b10-7-,19-16-,25-24-,29-27-. The van der Waals surface area contributed by atoms with E-state index in [0.29, 0.717) is 19.3 Å². The summed E-state index contributed by atoms with van der Waals surface area (Å²) in [7, 11) is -4.74. The topological polar surface area (TPSA) is 155 Å². The summed E-state index contributed by atoms with van der Waals surface area (Å²) in [6.07, 6.45) is 52.1. The van der Waals surface area contributed by atoms with Crippen molar-refractivity contribution in [3.05, 3.63) is 48.6 Å². The number of hydrogen-bond acceptors (Lipinski definition) is 10. The fourth-order valence-corrected chi connectivity index (χ4v) is 8.37. The van der Waals surface area contributed by atoms with E-state index in [0.717, 1.165) is 89.9 Å². The maximum atomic E-state index is 12.9. The van der Waals surface area contributed by atoms with Crippen LogP contribution >= 0.6 is 7.82 Å². The number of esters is 3. The summed E-state index contributed by atoms with van der Waals surface area (Å²) in [5, 5.41) is 9.77. The van der Waals surface area contributed by atoms with E-state index >= 15 is 0 Å². The molecule has 0 aliphatic heterocycles. The van der Waals surface area contributed by atoms with Gasteiger partial charge >= 0.3 is 25.7 Å². The van der Waals surface area contributed by atoms with Crippen molar-refractivity contribution in [2.24, 2.45) is 0 Å². The fraction of sp³-hybridized carbons (Fsp3) is 0.804. The van der Waals surface area contributed by atoms with Crippen molar-refractivity contribution in [1.29, 1.82) is 0 Å². The highest BCUT2D eigenvalue weighted by molar-refractivity contribution is 7.47. The predicted molar refractivity (Wildman–Crippen MR) is 279 cm³/mol. The van der Waals surface area contributed by atoms with E-state index in [1.807, 2.05) is 0 Å². The molecule has 3 unspecified atom stereocenters. The van der Waals surface area contributed by atoms with Crippen LogP contribution in [0.5, 0.6) is 0 Å². The van der Waals surface area contributed by atoms with Gasteiger partial charge in [0.25, 0.3) is 0 Å². The van der Waals surface area contributed by atoms with Gasteiger partial charge in [0.1, 0.15) is 12.7 Å². The summed E-state index contributed by atoms with van der Waals surface area (Å²) in [4.78, 5) is 48.4. The normalized spacial score (nSPS) is 13.8. The third-order valence-corrected chi connectivity index (χ3v) is 12.7. The van der Waals surface area contributed by atoms with Crippen molar-refractivity contribution in [3.8, 4) is 0 Å². The smallest absolute Gasteiger partial charge is 0.462 e. The summed E-state index contributed by atoms with van der Waals surface area (Å²) in [6.45, 7) is 4.51. The van der Waals surface area contributed by atoms with E-state index in [-0.39, 0.29) is 25.9 Å². The molecular weight excluding hydrogens is 880 g/mol. The van der Waals surface area contributed by atoms with E-state index in [1.54, 1.807) is 0 Å². The molecule has 2 N–H and O–H groups in total. The lowest BCUT2D eigenvalue weighted by Crippen LogP contribution is -2.30. The van der Waals surface area contributed by atoms with Crippen LogP contribution in [0.25, 0.3) is 0 Å². The van der Waals surface area contributed by atoms with Gasteiger partial charge in [-0.05, 0) is 57.8 Å². The summed E-state index contributed by atoms with van der Waals surface area (Å²) in [5.74, 6) is -1.48. The monoisotopic (exact) mass is 981 g/mol. The molecule has 0 aliphatic rings. The molecule has 0 fully saturated rings. The first kappa shape index (κ1) is 65.4. The van der Waals surface area contributed by atoms with Gasteiger partial charge < -0.3 is 24.2 Å². The zero-order valence-electron chi connectivity index (χ0n) is 43.6. The quantitative estimate of drug-likeness (QED) is 0.0197. The molecule has 11 nitrogen and oxygen atoms in total. The molecule has 3 atom stereocenters. The molecule has 0 radical (unpaired) electrons. The van der Waals surface area contributed by atoms with Gasteiger partial charge in [0.15, 0.2) is 6.10 Å². The van der Waals surface area contributed by atoms with Crippen LogP contribution in [0, 0.1) is 0 Å². The number of carbonyl (C=O) groups excluding carboxylic acids is 3. The van der Waals surface area contributed by atoms with Gasteiger partial charge in [-0.1, -0.05) is 223 Å². The van der Waals surface area contributed by atoms with Gasteiger partial charge in [-0.3, -0.25) is 23.4 Å². The van der Waals surface area contributed by atoms with Crippen LogP contribution < -0.4 is 0 Å². The molecule has 12 heteroatoms. The van der Waals surface area contributed by atoms with Crippen molar-refractivity contribution in [1.82, 2.24) is 0 Å². The number of rotatable bonds is 51. The molecule has 0 heterocycles.